The first-order valence-electron chi connectivity index (χ1n) is 8.64. The Hall–Kier alpha value is -1.91. The van der Waals surface area contributed by atoms with E-state index in [1.807, 2.05) is 17.3 Å². The molecule has 3 rings (SSSR count). The van der Waals surface area contributed by atoms with Gasteiger partial charge in [-0.05, 0) is 25.7 Å². The number of rotatable bonds is 5. The smallest absolute Gasteiger partial charge is 0.257 e. The van der Waals surface area contributed by atoms with Gasteiger partial charge in [0.1, 0.15) is 0 Å². The van der Waals surface area contributed by atoms with Crippen LogP contribution >= 0.6 is 0 Å². The SMILES string of the molecule is C=C(C(=O)N1CC(CC)(CC)C1)c1ncc(N2CCCC2)cn1. The van der Waals surface area contributed by atoms with Crippen LogP contribution in [0, 0.1) is 5.41 Å². The zero-order valence-corrected chi connectivity index (χ0v) is 14.2. The lowest BCUT2D eigenvalue weighted by Crippen LogP contribution is -2.58. The fraction of sp³-hybridized carbons (Fsp3) is 0.611. The number of nitrogens with zero attached hydrogens (tertiary/aromatic N) is 4. The van der Waals surface area contributed by atoms with Crippen molar-refractivity contribution in [1.82, 2.24) is 14.9 Å². The second kappa shape index (κ2) is 6.30. The van der Waals surface area contributed by atoms with E-state index in [2.05, 4.69) is 35.3 Å². The molecule has 5 heteroatoms. The number of likely N-dealkylation sites (tertiary alicyclic amines) is 1. The summed E-state index contributed by atoms with van der Waals surface area (Å²) >= 11 is 0. The highest BCUT2D eigenvalue weighted by Gasteiger charge is 2.42. The highest BCUT2D eigenvalue weighted by molar-refractivity contribution is 6.17. The molecule has 1 amide bonds. The highest BCUT2D eigenvalue weighted by Crippen LogP contribution is 2.38. The molecule has 2 aliphatic rings. The summed E-state index contributed by atoms with van der Waals surface area (Å²) in [5, 5.41) is 0. The van der Waals surface area contributed by atoms with Gasteiger partial charge >= 0.3 is 0 Å². The van der Waals surface area contributed by atoms with Crippen LogP contribution in [0.4, 0.5) is 5.69 Å². The van der Waals surface area contributed by atoms with Crippen LogP contribution in [0.25, 0.3) is 5.57 Å². The molecule has 0 atom stereocenters. The summed E-state index contributed by atoms with van der Waals surface area (Å²) in [5.74, 6) is 0.417. The zero-order chi connectivity index (χ0) is 16.4. The van der Waals surface area contributed by atoms with Gasteiger partial charge in [0.2, 0.25) is 0 Å². The molecule has 0 aromatic carbocycles. The van der Waals surface area contributed by atoms with Crippen molar-refractivity contribution in [3.8, 4) is 0 Å². The molecule has 3 heterocycles. The quantitative estimate of drug-likeness (QED) is 0.784. The number of hydrogen-bond donors (Lipinski definition) is 0. The molecule has 5 nitrogen and oxygen atoms in total. The molecule has 124 valence electrons. The molecule has 0 N–H and O–H groups in total. The van der Waals surface area contributed by atoms with E-state index in [0.717, 1.165) is 44.7 Å². The van der Waals surface area contributed by atoms with Crippen LogP contribution in [0.1, 0.15) is 45.4 Å². The Morgan fingerprint density at radius 1 is 1.17 bits per heavy atom. The van der Waals surface area contributed by atoms with Gasteiger partial charge in [-0.3, -0.25) is 4.79 Å². The van der Waals surface area contributed by atoms with E-state index in [9.17, 15) is 4.79 Å². The minimum absolute atomic E-state index is 0.0311. The second-order valence-electron chi connectivity index (χ2n) is 6.81. The fourth-order valence-corrected chi connectivity index (χ4v) is 3.51. The molecular weight excluding hydrogens is 288 g/mol. The Morgan fingerprint density at radius 2 is 1.74 bits per heavy atom. The number of amides is 1. The van der Waals surface area contributed by atoms with Crippen molar-refractivity contribution in [2.24, 2.45) is 5.41 Å². The van der Waals surface area contributed by atoms with Crippen LogP contribution < -0.4 is 4.90 Å². The van der Waals surface area contributed by atoms with Gasteiger partial charge in [0.05, 0.1) is 23.7 Å². The van der Waals surface area contributed by atoms with E-state index in [1.165, 1.54) is 12.8 Å². The van der Waals surface area contributed by atoms with Gasteiger partial charge in [0, 0.05) is 31.6 Å². The van der Waals surface area contributed by atoms with Crippen LogP contribution in [0.3, 0.4) is 0 Å². The van der Waals surface area contributed by atoms with E-state index in [1.54, 1.807) is 0 Å². The maximum absolute atomic E-state index is 12.5. The van der Waals surface area contributed by atoms with E-state index in [0.29, 0.717) is 16.8 Å². The van der Waals surface area contributed by atoms with E-state index in [4.69, 9.17) is 0 Å². The second-order valence-corrected chi connectivity index (χ2v) is 6.81. The van der Waals surface area contributed by atoms with Crippen molar-refractivity contribution in [3.63, 3.8) is 0 Å². The molecule has 2 fully saturated rings. The van der Waals surface area contributed by atoms with Crippen LogP contribution in [0.5, 0.6) is 0 Å². The summed E-state index contributed by atoms with van der Waals surface area (Å²) in [5.41, 5.74) is 1.74. The van der Waals surface area contributed by atoms with Crippen molar-refractivity contribution in [2.45, 2.75) is 39.5 Å². The van der Waals surface area contributed by atoms with Crippen LogP contribution in [0.2, 0.25) is 0 Å². The molecule has 2 saturated heterocycles. The van der Waals surface area contributed by atoms with Crippen molar-refractivity contribution in [1.29, 1.82) is 0 Å². The summed E-state index contributed by atoms with van der Waals surface area (Å²) in [4.78, 5) is 25.4. The summed E-state index contributed by atoms with van der Waals surface area (Å²) in [6, 6.07) is 0. The molecule has 0 radical (unpaired) electrons. The highest BCUT2D eigenvalue weighted by atomic mass is 16.2. The van der Waals surface area contributed by atoms with Crippen LogP contribution in [-0.4, -0.2) is 47.0 Å². The standard InChI is InChI=1S/C18H26N4O/c1-4-18(5-2)12-22(13-18)17(23)14(3)16-19-10-15(11-20-16)21-8-6-7-9-21/h10-11H,3-9,12-13H2,1-2H3. The molecule has 0 bridgehead atoms. The third-order valence-corrected chi connectivity index (χ3v) is 5.48. The van der Waals surface area contributed by atoms with Crippen LogP contribution in [-0.2, 0) is 4.79 Å². The Labute approximate surface area is 138 Å². The minimum atomic E-state index is -0.0311. The lowest BCUT2D eigenvalue weighted by molar-refractivity contribution is -0.137. The van der Waals surface area contributed by atoms with Gasteiger partial charge in [-0.1, -0.05) is 20.4 Å². The molecule has 1 aromatic rings. The third kappa shape index (κ3) is 2.96. The number of carbonyl (C=O) groups excluding carboxylic acids is 1. The van der Waals surface area contributed by atoms with Crippen molar-refractivity contribution in [3.05, 3.63) is 24.8 Å². The summed E-state index contributed by atoms with van der Waals surface area (Å²) in [7, 11) is 0. The lowest BCUT2D eigenvalue weighted by atomic mass is 9.75. The first kappa shape index (κ1) is 16.0. The minimum Gasteiger partial charge on any atom is -0.369 e. The molecule has 0 aliphatic carbocycles. The first-order chi connectivity index (χ1) is 11.1. The predicted molar refractivity (Wildman–Crippen MR) is 92.1 cm³/mol. The van der Waals surface area contributed by atoms with Gasteiger partial charge in [0.25, 0.3) is 5.91 Å². The molecule has 0 spiro atoms. The van der Waals surface area contributed by atoms with Gasteiger partial charge in [-0.25, -0.2) is 9.97 Å². The average molecular weight is 314 g/mol. The number of carbonyl (C=O) groups is 1. The average Bonchev–Trinajstić information content (AvgIpc) is 3.08. The molecular formula is C18H26N4O. The van der Waals surface area contributed by atoms with Crippen molar-refractivity contribution >= 4 is 17.2 Å². The Morgan fingerprint density at radius 3 is 2.26 bits per heavy atom. The Kier molecular flexibility index (Phi) is 4.37. The maximum atomic E-state index is 12.5. The fourth-order valence-electron chi connectivity index (χ4n) is 3.51. The van der Waals surface area contributed by atoms with Crippen molar-refractivity contribution in [2.75, 3.05) is 31.1 Å². The van der Waals surface area contributed by atoms with Crippen LogP contribution in [0.15, 0.2) is 19.0 Å². The third-order valence-electron chi connectivity index (χ3n) is 5.48. The van der Waals surface area contributed by atoms with Gasteiger partial charge < -0.3 is 9.80 Å². The summed E-state index contributed by atoms with van der Waals surface area (Å²) in [6.07, 6.45) is 8.29. The number of hydrogen-bond acceptors (Lipinski definition) is 4. The van der Waals surface area contributed by atoms with E-state index in [-0.39, 0.29) is 5.91 Å². The van der Waals surface area contributed by atoms with E-state index < -0.39 is 0 Å². The predicted octanol–water partition coefficient (Wildman–Crippen LogP) is 2.74. The lowest BCUT2D eigenvalue weighted by Gasteiger charge is -2.49. The largest absolute Gasteiger partial charge is 0.369 e. The van der Waals surface area contributed by atoms with E-state index >= 15 is 0 Å². The monoisotopic (exact) mass is 314 g/mol. The normalized spacial score (nSPS) is 19.6. The molecule has 23 heavy (non-hydrogen) atoms. The number of aromatic nitrogens is 2. The van der Waals surface area contributed by atoms with Gasteiger partial charge in [-0.2, -0.15) is 0 Å². The summed E-state index contributed by atoms with van der Waals surface area (Å²) < 4.78 is 0. The van der Waals surface area contributed by atoms with Gasteiger partial charge in [-0.15, -0.1) is 0 Å². The maximum Gasteiger partial charge on any atom is 0.257 e. The molecule has 0 saturated carbocycles. The molecule has 0 unspecified atom stereocenters. The Balaban J connectivity index is 1.63. The topological polar surface area (TPSA) is 49.3 Å². The summed E-state index contributed by atoms with van der Waals surface area (Å²) in [6.45, 7) is 12.1. The first-order valence-corrected chi connectivity index (χ1v) is 8.64. The van der Waals surface area contributed by atoms with Crippen molar-refractivity contribution < 1.29 is 4.79 Å². The Bertz CT molecular complexity index is 578. The molecule has 1 aromatic heterocycles. The number of anilines is 1. The molecule has 2 aliphatic heterocycles. The van der Waals surface area contributed by atoms with Gasteiger partial charge in [0.15, 0.2) is 5.82 Å². The zero-order valence-electron chi connectivity index (χ0n) is 14.2.